The van der Waals surface area contributed by atoms with E-state index in [1.165, 1.54) is 6.26 Å². The molecule has 1 N–H and O–H groups in total. The highest BCUT2D eigenvalue weighted by atomic mass is 32.2. The van der Waals surface area contributed by atoms with Crippen molar-refractivity contribution in [3.8, 4) is 0 Å². The molecule has 1 aliphatic heterocycles. The Kier molecular flexibility index (Phi) is 4.14. The van der Waals surface area contributed by atoms with Gasteiger partial charge in [-0.1, -0.05) is 0 Å². The van der Waals surface area contributed by atoms with Crippen molar-refractivity contribution in [3.05, 3.63) is 0 Å². The SMILES string of the molecule is CC1(C(O)CCCS(C)(=O)=O)CCCO1. The molecule has 1 rings (SSSR count). The van der Waals surface area contributed by atoms with Crippen molar-refractivity contribution < 1.29 is 18.3 Å². The zero-order valence-electron chi connectivity index (χ0n) is 9.40. The largest absolute Gasteiger partial charge is 0.390 e. The van der Waals surface area contributed by atoms with Gasteiger partial charge in [0.05, 0.1) is 11.7 Å². The molecule has 1 aliphatic rings. The molecule has 5 heteroatoms. The maximum Gasteiger partial charge on any atom is 0.147 e. The van der Waals surface area contributed by atoms with Gasteiger partial charge in [0.25, 0.3) is 0 Å². The first kappa shape index (κ1) is 12.9. The average Bonchev–Trinajstić information content (AvgIpc) is 2.51. The molecule has 0 spiro atoms. The molecule has 1 saturated heterocycles. The third kappa shape index (κ3) is 4.09. The molecule has 0 radical (unpaired) electrons. The van der Waals surface area contributed by atoms with Crippen molar-refractivity contribution in [1.82, 2.24) is 0 Å². The molecule has 0 aliphatic carbocycles. The lowest BCUT2D eigenvalue weighted by Crippen LogP contribution is -2.38. The van der Waals surface area contributed by atoms with Gasteiger partial charge in [0.15, 0.2) is 0 Å². The fourth-order valence-corrected chi connectivity index (χ4v) is 2.60. The lowest BCUT2D eigenvalue weighted by molar-refractivity contribution is -0.0803. The highest BCUT2D eigenvalue weighted by Crippen LogP contribution is 2.30. The maximum absolute atomic E-state index is 10.9. The molecular formula is C10H20O4S. The molecule has 0 aromatic rings. The molecule has 4 nitrogen and oxygen atoms in total. The van der Waals surface area contributed by atoms with Gasteiger partial charge in [0, 0.05) is 18.6 Å². The first-order valence-electron chi connectivity index (χ1n) is 5.33. The maximum atomic E-state index is 10.9. The molecule has 0 aromatic carbocycles. The van der Waals surface area contributed by atoms with E-state index in [-0.39, 0.29) is 5.75 Å². The molecule has 90 valence electrons. The predicted octanol–water partition coefficient (Wildman–Crippen LogP) is 0.741. The van der Waals surface area contributed by atoms with Crippen LogP contribution in [0.15, 0.2) is 0 Å². The summed E-state index contributed by atoms with van der Waals surface area (Å²) in [7, 11) is -2.92. The Balaban J connectivity index is 2.32. The summed E-state index contributed by atoms with van der Waals surface area (Å²) < 4.78 is 27.3. The van der Waals surface area contributed by atoms with Gasteiger partial charge in [-0.05, 0) is 32.6 Å². The summed E-state index contributed by atoms with van der Waals surface area (Å²) in [5, 5.41) is 9.89. The molecule has 2 unspecified atom stereocenters. The molecule has 0 saturated carbocycles. The normalized spacial score (nSPS) is 29.3. The van der Waals surface area contributed by atoms with Crippen LogP contribution in [0.2, 0.25) is 0 Å². The highest BCUT2D eigenvalue weighted by molar-refractivity contribution is 7.90. The lowest BCUT2D eigenvalue weighted by atomic mass is 9.93. The second-order valence-corrected chi connectivity index (χ2v) is 6.81. The van der Waals surface area contributed by atoms with Gasteiger partial charge >= 0.3 is 0 Å². The van der Waals surface area contributed by atoms with E-state index in [4.69, 9.17) is 4.74 Å². The van der Waals surface area contributed by atoms with Crippen LogP contribution in [0.1, 0.15) is 32.6 Å². The van der Waals surface area contributed by atoms with Gasteiger partial charge in [0.2, 0.25) is 0 Å². The van der Waals surface area contributed by atoms with E-state index in [2.05, 4.69) is 0 Å². The molecule has 0 bridgehead atoms. The number of sulfone groups is 1. The minimum atomic E-state index is -2.92. The molecule has 1 heterocycles. The summed E-state index contributed by atoms with van der Waals surface area (Å²) >= 11 is 0. The summed E-state index contributed by atoms with van der Waals surface area (Å²) in [6.07, 6.45) is 3.48. The van der Waals surface area contributed by atoms with E-state index in [1.54, 1.807) is 0 Å². The lowest BCUT2D eigenvalue weighted by Gasteiger charge is -2.29. The van der Waals surface area contributed by atoms with Crippen molar-refractivity contribution in [2.24, 2.45) is 0 Å². The van der Waals surface area contributed by atoms with Gasteiger partial charge in [0.1, 0.15) is 9.84 Å². The highest BCUT2D eigenvalue weighted by Gasteiger charge is 2.36. The number of rotatable bonds is 5. The standard InChI is InChI=1S/C10H20O4S/c1-10(6-4-7-14-10)9(11)5-3-8-15(2,12)13/h9,11H,3-8H2,1-2H3. The summed E-state index contributed by atoms with van der Waals surface area (Å²) in [5.74, 6) is 0.139. The van der Waals surface area contributed by atoms with Crippen LogP contribution in [-0.4, -0.2) is 43.8 Å². The van der Waals surface area contributed by atoms with Gasteiger partial charge < -0.3 is 9.84 Å². The molecule has 1 fully saturated rings. The van der Waals surface area contributed by atoms with Crippen molar-refractivity contribution in [2.75, 3.05) is 18.6 Å². The third-order valence-electron chi connectivity index (χ3n) is 2.95. The van der Waals surface area contributed by atoms with Crippen LogP contribution < -0.4 is 0 Å². The van der Waals surface area contributed by atoms with Gasteiger partial charge in [-0.3, -0.25) is 0 Å². The second kappa shape index (κ2) is 4.80. The fourth-order valence-electron chi connectivity index (χ4n) is 1.91. The van der Waals surface area contributed by atoms with Gasteiger partial charge in [-0.2, -0.15) is 0 Å². The van der Waals surface area contributed by atoms with Crippen LogP contribution in [0.25, 0.3) is 0 Å². The molecule has 0 aromatic heterocycles. The van der Waals surface area contributed by atoms with E-state index in [0.717, 1.165) is 12.8 Å². The quantitative estimate of drug-likeness (QED) is 0.764. The topological polar surface area (TPSA) is 63.6 Å². The van der Waals surface area contributed by atoms with E-state index < -0.39 is 21.5 Å². The van der Waals surface area contributed by atoms with Gasteiger partial charge in [-0.25, -0.2) is 8.42 Å². The van der Waals surface area contributed by atoms with Crippen molar-refractivity contribution >= 4 is 9.84 Å². The van der Waals surface area contributed by atoms with E-state index in [9.17, 15) is 13.5 Å². The summed E-state index contributed by atoms with van der Waals surface area (Å²) in [6.45, 7) is 2.59. The fraction of sp³-hybridized carbons (Fsp3) is 1.00. The van der Waals surface area contributed by atoms with Crippen LogP contribution >= 0.6 is 0 Å². The molecule has 2 atom stereocenters. The average molecular weight is 236 g/mol. The second-order valence-electron chi connectivity index (χ2n) is 4.55. The van der Waals surface area contributed by atoms with E-state index in [0.29, 0.717) is 19.4 Å². The third-order valence-corrected chi connectivity index (χ3v) is 3.98. The predicted molar refractivity (Wildman–Crippen MR) is 58.5 cm³/mol. The van der Waals surface area contributed by atoms with Crippen molar-refractivity contribution in [3.63, 3.8) is 0 Å². The van der Waals surface area contributed by atoms with Crippen LogP contribution in [0.4, 0.5) is 0 Å². The number of ether oxygens (including phenoxy) is 1. The minimum Gasteiger partial charge on any atom is -0.390 e. The number of aliphatic hydroxyl groups is 1. The van der Waals surface area contributed by atoms with Crippen molar-refractivity contribution in [2.45, 2.75) is 44.3 Å². The Morgan fingerprint density at radius 1 is 1.53 bits per heavy atom. The first-order valence-corrected chi connectivity index (χ1v) is 7.39. The summed E-state index contributed by atoms with van der Waals surface area (Å²) in [5.41, 5.74) is -0.461. The Labute approximate surface area is 91.6 Å². The number of hydrogen-bond acceptors (Lipinski definition) is 4. The zero-order chi connectivity index (χ0) is 11.5. The zero-order valence-corrected chi connectivity index (χ0v) is 10.2. The van der Waals surface area contributed by atoms with E-state index in [1.807, 2.05) is 6.92 Å². The minimum absolute atomic E-state index is 0.139. The summed E-state index contributed by atoms with van der Waals surface area (Å²) in [4.78, 5) is 0. The smallest absolute Gasteiger partial charge is 0.147 e. The molecular weight excluding hydrogens is 216 g/mol. The van der Waals surface area contributed by atoms with Crippen LogP contribution in [0.5, 0.6) is 0 Å². The molecule has 15 heavy (non-hydrogen) atoms. The van der Waals surface area contributed by atoms with E-state index >= 15 is 0 Å². The number of aliphatic hydroxyl groups excluding tert-OH is 1. The number of hydrogen-bond donors (Lipinski definition) is 1. The van der Waals surface area contributed by atoms with Crippen LogP contribution in [0, 0.1) is 0 Å². The van der Waals surface area contributed by atoms with Gasteiger partial charge in [-0.15, -0.1) is 0 Å². The monoisotopic (exact) mass is 236 g/mol. The Bertz CT molecular complexity index is 291. The van der Waals surface area contributed by atoms with Crippen molar-refractivity contribution in [1.29, 1.82) is 0 Å². The Morgan fingerprint density at radius 2 is 2.20 bits per heavy atom. The Hall–Kier alpha value is -0.130. The summed E-state index contributed by atoms with van der Waals surface area (Å²) in [6, 6.07) is 0. The van der Waals surface area contributed by atoms with Crippen LogP contribution in [0.3, 0.4) is 0 Å². The Morgan fingerprint density at radius 3 is 2.67 bits per heavy atom. The van der Waals surface area contributed by atoms with Crippen LogP contribution in [-0.2, 0) is 14.6 Å². The first-order chi connectivity index (χ1) is 6.83. The molecule has 0 amide bonds.